The van der Waals surface area contributed by atoms with Gasteiger partial charge in [0.1, 0.15) is 12.2 Å². The molecule has 2 rings (SSSR count). The monoisotopic (exact) mass is 235 g/mol. The lowest BCUT2D eigenvalue weighted by Gasteiger charge is -2.06. The van der Waals surface area contributed by atoms with Crippen LogP contribution in [-0.2, 0) is 16.1 Å². The second-order valence-electron chi connectivity index (χ2n) is 3.60. The van der Waals surface area contributed by atoms with Gasteiger partial charge in [-0.1, -0.05) is 6.92 Å². The highest BCUT2D eigenvalue weighted by atomic mass is 16.5. The summed E-state index contributed by atoms with van der Waals surface area (Å²) in [6.45, 7) is 2.21. The molecule has 0 N–H and O–H groups in total. The molecule has 90 valence electrons. The first-order valence-corrected chi connectivity index (χ1v) is 5.40. The van der Waals surface area contributed by atoms with Crippen molar-refractivity contribution in [3.63, 3.8) is 0 Å². The number of ether oxygens (including phenoxy) is 1. The fraction of sp³-hybridized carbons (Fsp3) is 0.364. The molecule has 2 aromatic rings. The average Bonchev–Trinajstić information content (AvgIpc) is 2.79. The van der Waals surface area contributed by atoms with Gasteiger partial charge in [-0.05, 0) is 12.5 Å². The highest BCUT2D eigenvalue weighted by molar-refractivity contribution is 5.69. The van der Waals surface area contributed by atoms with Crippen LogP contribution >= 0.6 is 0 Å². The van der Waals surface area contributed by atoms with Gasteiger partial charge in [0, 0.05) is 18.6 Å². The minimum Gasteiger partial charge on any atom is -0.464 e. The van der Waals surface area contributed by atoms with Gasteiger partial charge < -0.3 is 4.74 Å². The molecule has 0 aromatic carbocycles. The maximum atomic E-state index is 11.9. The zero-order valence-corrected chi connectivity index (χ0v) is 9.50. The first kappa shape index (κ1) is 11.4. The van der Waals surface area contributed by atoms with Crippen LogP contribution in [0.25, 0.3) is 5.65 Å². The van der Waals surface area contributed by atoms with Crippen molar-refractivity contribution in [1.82, 2.24) is 14.0 Å². The standard InChI is InChI=1S/C11H13N3O3/c1-2-7-17-10(15)8-13-5-3-9-12-4-6-14(9)11(13)16/h3-6H,2,7-8H2,1H3. The number of esters is 1. The zero-order valence-electron chi connectivity index (χ0n) is 9.50. The molecule has 0 aliphatic heterocycles. The summed E-state index contributed by atoms with van der Waals surface area (Å²) in [5.74, 6) is -0.409. The molecule has 0 fully saturated rings. The molecule has 0 saturated carbocycles. The Hall–Kier alpha value is -2.11. The van der Waals surface area contributed by atoms with E-state index >= 15 is 0 Å². The van der Waals surface area contributed by atoms with E-state index in [0.29, 0.717) is 12.3 Å². The fourth-order valence-corrected chi connectivity index (χ4v) is 1.48. The third-order valence-electron chi connectivity index (χ3n) is 2.29. The summed E-state index contributed by atoms with van der Waals surface area (Å²) in [6, 6.07) is 1.68. The van der Waals surface area contributed by atoms with Crippen LogP contribution in [0.1, 0.15) is 13.3 Å². The Kier molecular flexibility index (Phi) is 3.22. The van der Waals surface area contributed by atoms with Gasteiger partial charge in [0.25, 0.3) is 0 Å². The van der Waals surface area contributed by atoms with Gasteiger partial charge in [-0.25, -0.2) is 9.78 Å². The molecule has 0 unspecified atom stereocenters. The van der Waals surface area contributed by atoms with Crippen LogP contribution in [0.4, 0.5) is 0 Å². The van der Waals surface area contributed by atoms with E-state index in [4.69, 9.17) is 4.74 Å². The number of rotatable bonds is 4. The SMILES string of the molecule is CCCOC(=O)Cn1ccc2nccn2c1=O. The molecule has 2 aromatic heterocycles. The van der Waals surface area contributed by atoms with Crippen molar-refractivity contribution in [2.24, 2.45) is 0 Å². The summed E-state index contributed by atoms with van der Waals surface area (Å²) in [5, 5.41) is 0. The van der Waals surface area contributed by atoms with Crippen LogP contribution in [0.15, 0.2) is 29.5 Å². The van der Waals surface area contributed by atoms with Gasteiger partial charge in [0.2, 0.25) is 0 Å². The summed E-state index contributed by atoms with van der Waals surface area (Å²) in [7, 11) is 0. The average molecular weight is 235 g/mol. The Morgan fingerprint density at radius 1 is 1.47 bits per heavy atom. The van der Waals surface area contributed by atoms with E-state index in [0.717, 1.165) is 6.42 Å². The third-order valence-corrected chi connectivity index (χ3v) is 2.29. The quantitative estimate of drug-likeness (QED) is 0.722. The number of hydrogen-bond donors (Lipinski definition) is 0. The van der Waals surface area contributed by atoms with Gasteiger partial charge in [-0.3, -0.25) is 13.8 Å². The van der Waals surface area contributed by atoms with Crippen molar-refractivity contribution < 1.29 is 9.53 Å². The molecular formula is C11H13N3O3. The van der Waals surface area contributed by atoms with Crippen molar-refractivity contribution in [3.8, 4) is 0 Å². The van der Waals surface area contributed by atoms with E-state index in [1.54, 1.807) is 12.3 Å². The Labute approximate surface area is 97.5 Å². The maximum absolute atomic E-state index is 11.9. The number of aromatic nitrogens is 3. The molecule has 0 amide bonds. The molecule has 0 bridgehead atoms. The first-order valence-electron chi connectivity index (χ1n) is 5.40. The van der Waals surface area contributed by atoms with Gasteiger partial charge in [-0.2, -0.15) is 0 Å². The Balaban J connectivity index is 2.21. The van der Waals surface area contributed by atoms with Crippen molar-refractivity contribution in [2.75, 3.05) is 6.61 Å². The van der Waals surface area contributed by atoms with E-state index < -0.39 is 5.97 Å². The number of fused-ring (bicyclic) bond motifs is 1. The maximum Gasteiger partial charge on any atom is 0.334 e. The van der Waals surface area contributed by atoms with Crippen molar-refractivity contribution >= 4 is 11.6 Å². The number of hydrogen-bond acceptors (Lipinski definition) is 4. The normalized spacial score (nSPS) is 10.6. The van der Waals surface area contributed by atoms with Crippen molar-refractivity contribution in [1.29, 1.82) is 0 Å². The van der Waals surface area contributed by atoms with Crippen LogP contribution < -0.4 is 5.69 Å². The highest BCUT2D eigenvalue weighted by Gasteiger charge is 2.07. The Morgan fingerprint density at radius 2 is 2.29 bits per heavy atom. The molecule has 0 aliphatic rings. The second kappa shape index (κ2) is 4.82. The van der Waals surface area contributed by atoms with Gasteiger partial charge in [-0.15, -0.1) is 0 Å². The summed E-state index contributed by atoms with van der Waals surface area (Å²) in [4.78, 5) is 27.3. The summed E-state index contributed by atoms with van der Waals surface area (Å²) >= 11 is 0. The van der Waals surface area contributed by atoms with E-state index in [9.17, 15) is 9.59 Å². The third kappa shape index (κ3) is 2.35. The zero-order chi connectivity index (χ0) is 12.3. The van der Waals surface area contributed by atoms with E-state index in [2.05, 4.69) is 4.98 Å². The van der Waals surface area contributed by atoms with Gasteiger partial charge >= 0.3 is 11.7 Å². The van der Waals surface area contributed by atoms with Crippen molar-refractivity contribution in [2.45, 2.75) is 19.9 Å². The predicted octanol–water partition coefficient (Wildman–Crippen LogP) is 0.449. The molecule has 17 heavy (non-hydrogen) atoms. The van der Waals surface area contributed by atoms with Gasteiger partial charge in [0.15, 0.2) is 0 Å². The molecule has 0 saturated heterocycles. The van der Waals surface area contributed by atoms with E-state index in [1.165, 1.54) is 21.4 Å². The fourth-order valence-electron chi connectivity index (χ4n) is 1.48. The largest absolute Gasteiger partial charge is 0.464 e. The van der Waals surface area contributed by atoms with Crippen LogP contribution in [0, 0.1) is 0 Å². The highest BCUT2D eigenvalue weighted by Crippen LogP contribution is 1.95. The molecule has 0 radical (unpaired) electrons. The summed E-state index contributed by atoms with van der Waals surface area (Å²) in [5.41, 5.74) is 0.265. The summed E-state index contributed by atoms with van der Waals surface area (Å²) in [6.07, 6.45) is 5.40. The summed E-state index contributed by atoms with van der Waals surface area (Å²) < 4.78 is 7.60. The van der Waals surface area contributed by atoms with Crippen molar-refractivity contribution in [3.05, 3.63) is 35.1 Å². The minimum atomic E-state index is -0.409. The number of carbonyl (C=O) groups is 1. The molecule has 2 heterocycles. The topological polar surface area (TPSA) is 65.6 Å². The molecule has 0 aliphatic carbocycles. The molecule has 0 spiro atoms. The second-order valence-corrected chi connectivity index (χ2v) is 3.60. The first-order chi connectivity index (χ1) is 8.22. The molecule has 6 nitrogen and oxygen atoms in total. The lowest BCUT2D eigenvalue weighted by atomic mass is 10.5. The minimum absolute atomic E-state index is 0.0764. The number of carbonyl (C=O) groups excluding carboxylic acids is 1. The Bertz CT molecular complexity index is 585. The number of imidazole rings is 1. The Morgan fingerprint density at radius 3 is 3.06 bits per heavy atom. The van der Waals surface area contributed by atoms with E-state index in [1.807, 2.05) is 6.92 Å². The lowest BCUT2D eigenvalue weighted by Crippen LogP contribution is -2.29. The number of nitrogens with zero attached hydrogens (tertiary/aromatic N) is 3. The lowest BCUT2D eigenvalue weighted by molar-refractivity contribution is -0.144. The van der Waals surface area contributed by atoms with E-state index in [-0.39, 0.29) is 12.2 Å². The van der Waals surface area contributed by atoms with Crippen LogP contribution in [0.3, 0.4) is 0 Å². The predicted molar refractivity (Wildman–Crippen MR) is 60.7 cm³/mol. The van der Waals surface area contributed by atoms with Gasteiger partial charge in [0.05, 0.1) is 6.61 Å². The van der Waals surface area contributed by atoms with Crippen LogP contribution in [0.5, 0.6) is 0 Å². The molecular weight excluding hydrogens is 222 g/mol. The molecule has 6 heteroatoms. The van der Waals surface area contributed by atoms with Crippen LogP contribution in [-0.4, -0.2) is 26.5 Å². The smallest absolute Gasteiger partial charge is 0.334 e. The van der Waals surface area contributed by atoms with Crippen LogP contribution in [0.2, 0.25) is 0 Å². The molecule has 0 atom stereocenters.